The van der Waals surface area contributed by atoms with Crippen molar-refractivity contribution in [1.82, 2.24) is 0 Å². The van der Waals surface area contributed by atoms with Crippen LogP contribution in [-0.2, 0) is 0 Å². The fourth-order valence-electron chi connectivity index (χ4n) is 2.26. The van der Waals surface area contributed by atoms with Crippen LogP contribution in [0.25, 0.3) is 11.1 Å². The van der Waals surface area contributed by atoms with E-state index in [0.717, 1.165) is 11.3 Å². The molecule has 112 valence electrons. The Balaban J connectivity index is 2.53. The molecule has 4 N–H and O–H groups in total. The fourth-order valence-corrected chi connectivity index (χ4v) is 2.26. The van der Waals surface area contributed by atoms with Gasteiger partial charge in [-0.15, -0.1) is 0 Å². The van der Waals surface area contributed by atoms with Crippen LogP contribution in [0.5, 0.6) is 0 Å². The first-order valence-corrected chi connectivity index (χ1v) is 6.59. The van der Waals surface area contributed by atoms with Crippen LogP contribution in [0.1, 0.15) is 10.4 Å². The van der Waals surface area contributed by atoms with Crippen LogP contribution in [0.15, 0.2) is 35.1 Å². The van der Waals surface area contributed by atoms with E-state index < -0.39 is 0 Å². The predicted octanol–water partition coefficient (Wildman–Crippen LogP) is 1.13. The Morgan fingerprint density at radius 3 is 2.48 bits per heavy atom. The van der Waals surface area contributed by atoms with Crippen molar-refractivity contribution in [3.63, 3.8) is 0 Å². The first-order valence-electron chi connectivity index (χ1n) is 6.59. The SMILES string of the molecule is Nc1ccc(N(CCO)CCO)c(-c2cocc2C=O)c1. The van der Waals surface area contributed by atoms with Gasteiger partial charge in [-0.05, 0) is 18.2 Å². The predicted molar refractivity (Wildman–Crippen MR) is 80.3 cm³/mol. The summed E-state index contributed by atoms with van der Waals surface area (Å²) in [7, 11) is 0. The monoisotopic (exact) mass is 290 g/mol. The number of rotatable bonds is 7. The van der Waals surface area contributed by atoms with Crippen molar-refractivity contribution in [3.8, 4) is 11.1 Å². The summed E-state index contributed by atoms with van der Waals surface area (Å²) in [5.41, 5.74) is 8.95. The van der Waals surface area contributed by atoms with E-state index in [0.29, 0.717) is 36.2 Å². The maximum Gasteiger partial charge on any atom is 0.153 e. The molecule has 0 atom stereocenters. The molecule has 1 aromatic heterocycles. The lowest BCUT2D eigenvalue weighted by atomic mass is 10.0. The molecule has 0 saturated heterocycles. The van der Waals surface area contributed by atoms with Crippen molar-refractivity contribution >= 4 is 17.7 Å². The Labute approximate surface area is 122 Å². The third kappa shape index (κ3) is 3.24. The number of carbonyl (C=O) groups excluding carboxylic acids is 1. The third-order valence-electron chi connectivity index (χ3n) is 3.21. The lowest BCUT2D eigenvalue weighted by Crippen LogP contribution is -2.30. The number of anilines is 2. The van der Waals surface area contributed by atoms with Gasteiger partial charge in [0.25, 0.3) is 0 Å². The topological polar surface area (TPSA) is 99.9 Å². The summed E-state index contributed by atoms with van der Waals surface area (Å²) >= 11 is 0. The second-order valence-corrected chi connectivity index (χ2v) is 4.57. The molecule has 1 heterocycles. The van der Waals surface area contributed by atoms with Crippen LogP contribution in [0.4, 0.5) is 11.4 Å². The Kier molecular flexibility index (Phi) is 4.97. The first-order chi connectivity index (χ1) is 10.2. The number of hydrogen-bond acceptors (Lipinski definition) is 6. The molecule has 2 aromatic rings. The number of nitrogens with two attached hydrogens (primary N) is 1. The molecular weight excluding hydrogens is 272 g/mol. The van der Waals surface area contributed by atoms with Gasteiger partial charge in [-0.25, -0.2) is 0 Å². The molecule has 0 bridgehead atoms. The molecule has 0 amide bonds. The molecule has 21 heavy (non-hydrogen) atoms. The van der Waals surface area contributed by atoms with Gasteiger partial charge in [-0.1, -0.05) is 0 Å². The van der Waals surface area contributed by atoms with Gasteiger partial charge >= 0.3 is 0 Å². The van der Waals surface area contributed by atoms with Crippen LogP contribution in [0, 0.1) is 0 Å². The molecule has 6 nitrogen and oxygen atoms in total. The van der Waals surface area contributed by atoms with Gasteiger partial charge in [0.1, 0.15) is 6.26 Å². The van der Waals surface area contributed by atoms with E-state index in [-0.39, 0.29) is 13.2 Å². The summed E-state index contributed by atoms with van der Waals surface area (Å²) in [6, 6.07) is 5.29. The molecule has 0 spiro atoms. The van der Waals surface area contributed by atoms with Crippen LogP contribution >= 0.6 is 0 Å². The first kappa shape index (κ1) is 15.1. The summed E-state index contributed by atoms with van der Waals surface area (Å²) in [5.74, 6) is 0. The largest absolute Gasteiger partial charge is 0.471 e. The standard InChI is InChI=1S/C15H18N2O4/c16-12-1-2-15(17(3-5-18)4-6-19)13(7-12)14-10-21-9-11(14)8-20/h1-2,7-10,18-19H,3-6,16H2. The zero-order valence-corrected chi connectivity index (χ0v) is 11.5. The number of nitrogens with zero attached hydrogens (tertiary/aromatic N) is 1. The van der Waals surface area contributed by atoms with Crippen LogP contribution < -0.4 is 10.6 Å². The Bertz CT molecular complexity index is 603. The molecule has 0 radical (unpaired) electrons. The number of carbonyl (C=O) groups is 1. The van der Waals surface area contributed by atoms with Gasteiger partial charge in [0.15, 0.2) is 6.29 Å². The molecule has 0 saturated carbocycles. The van der Waals surface area contributed by atoms with E-state index >= 15 is 0 Å². The minimum atomic E-state index is -0.0459. The van der Waals surface area contributed by atoms with Crippen molar-refractivity contribution in [2.24, 2.45) is 0 Å². The van der Waals surface area contributed by atoms with Gasteiger partial charge in [-0.3, -0.25) is 4.79 Å². The van der Waals surface area contributed by atoms with Crippen molar-refractivity contribution in [3.05, 3.63) is 36.3 Å². The van der Waals surface area contributed by atoms with Gasteiger partial charge in [0.05, 0.1) is 25.0 Å². The molecule has 0 aliphatic rings. The van der Waals surface area contributed by atoms with Crippen molar-refractivity contribution in [2.45, 2.75) is 0 Å². The number of aldehydes is 1. The molecule has 6 heteroatoms. The van der Waals surface area contributed by atoms with E-state index in [9.17, 15) is 15.0 Å². The van der Waals surface area contributed by atoms with Gasteiger partial charge in [0, 0.05) is 35.6 Å². The Hall–Kier alpha value is -2.31. The summed E-state index contributed by atoms with van der Waals surface area (Å²) < 4.78 is 5.10. The van der Waals surface area contributed by atoms with E-state index in [2.05, 4.69) is 0 Å². The fraction of sp³-hybridized carbons (Fsp3) is 0.267. The minimum Gasteiger partial charge on any atom is -0.471 e. The highest BCUT2D eigenvalue weighted by Gasteiger charge is 2.16. The van der Waals surface area contributed by atoms with Gasteiger partial charge in [-0.2, -0.15) is 0 Å². The van der Waals surface area contributed by atoms with Gasteiger partial charge < -0.3 is 25.3 Å². The second kappa shape index (κ2) is 6.92. The normalized spacial score (nSPS) is 10.6. The summed E-state index contributed by atoms with van der Waals surface area (Å²) in [6.45, 7) is 0.642. The van der Waals surface area contributed by atoms with Crippen LogP contribution in [-0.4, -0.2) is 42.8 Å². The summed E-state index contributed by atoms with van der Waals surface area (Å²) in [6.07, 6.45) is 3.57. The molecule has 0 aliphatic heterocycles. The Morgan fingerprint density at radius 2 is 1.86 bits per heavy atom. The van der Waals surface area contributed by atoms with E-state index in [4.69, 9.17) is 10.2 Å². The number of aliphatic hydroxyl groups excluding tert-OH is 2. The average molecular weight is 290 g/mol. The number of hydrogen-bond donors (Lipinski definition) is 3. The van der Waals surface area contributed by atoms with Crippen molar-refractivity contribution in [2.75, 3.05) is 36.9 Å². The smallest absolute Gasteiger partial charge is 0.153 e. The van der Waals surface area contributed by atoms with Crippen LogP contribution in [0.2, 0.25) is 0 Å². The highest BCUT2D eigenvalue weighted by atomic mass is 16.3. The molecule has 2 rings (SSSR count). The second-order valence-electron chi connectivity index (χ2n) is 4.57. The lowest BCUT2D eigenvalue weighted by Gasteiger charge is -2.25. The van der Waals surface area contributed by atoms with Crippen LogP contribution in [0.3, 0.4) is 0 Å². The van der Waals surface area contributed by atoms with Gasteiger partial charge in [0.2, 0.25) is 0 Å². The summed E-state index contributed by atoms with van der Waals surface area (Å²) in [4.78, 5) is 12.9. The number of aliphatic hydroxyl groups is 2. The minimum absolute atomic E-state index is 0.0459. The molecule has 1 aromatic carbocycles. The number of benzene rings is 1. The molecule has 0 aliphatic carbocycles. The molecule has 0 unspecified atom stereocenters. The van der Waals surface area contributed by atoms with E-state index in [1.807, 2.05) is 4.90 Å². The number of furan rings is 1. The molecular formula is C15H18N2O4. The van der Waals surface area contributed by atoms with E-state index in [1.54, 1.807) is 18.2 Å². The average Bonchev–Trinajstić information content (AvgIpc) is 2.95. The zero-order chi connectivity index (χ0) is 15.2. The third-order valence-corrected chi connectivity index (χ3v) is 3.21. The number of nitrogen functional groups attached to an aromatic ring is 1. The maximum absolute atomic E-state index is 11.1. The van der Waals surface area contributed by atoms with Crippen molar-refractivity contribution < 1.29 is 19.4 Å². The lowest BCUT2D eigenvalue weighted by molar-refractivity contribution is 0.112. The van der Waals surface area contributed by atoms with Crippen molar-refractivity contribution in [1.29, 1.82) is 0 Å². The maximum atomic E-state index is 11.1. The Morgan fingerprint density at radius 1 is 1.14 bits per heavy atom. The summed E-state index contributed by atoms with van der Waals surface area (Å²) in [5, 5.41) is 18.4. The highest BCUT2D eigenvalue weighted by molar-refractivity contribution is 5.92. The zero-order valence-electron chi connectivity index (χ0n) is 11.5. The van der Waals surface area contributed by atoms with E-state index in [1.165, 1.54) is 12.5 Å². The molecule has 0 fully saturated rings. The quantitative estimate of drug-likeness (QED) is 0.522. The highest BCUT2D eigenvalue weighted by Crippen LogP contribution is 2.34.